The lowest BCUT2D eigenvalue weighted by Gasteiger charge is -2.24. The summed E-state index contributed by atoms with van der Waals surface area (Å²) in [4.78, 5) is 19.3. The molecular formula is C16H16F3N3O3S. The molecule has 4 rings (SSSR count). The summed E-state index contributed by atoms with van der Waals surface area (Å²) in [6.45, 7) is 1.51. The summed E-state index contributed by atoms with van der Waals surface area (Å²) < 4.78 is 47.3. The number of carbonyl (C=O) groups excluding carboxylic acids is 1. The van der Waals surface area contributed by atoms with E-state index in [-0.39, 0.29) is 23.7 Å². The molecule has 0 N–H and O–H groups in total. The molecule has 1 aliphatic heterocycles. The highest BCUT2D eigenvalue weighted by Crippen LogP contribution is 2.35. The van der Waals surface area contributed by atoms with Gasteiger partial charge in [0.2, 0.25) is 11.7 Å². The highest BCUT2D eigenvalue weighted by atomic mass is 32.1. The van der Waals surface area contributed by atoms with Crippen LogP contribution in [0.3, 0.4) is 0 Å². The summed E-state index contributed by atoms with van der Waals surface area (Å²) in [5, 5.41) is 3.40. The summed E-state index contributed by atoms with van der Waals surface area (Å²) in [7, 11) is 0. The zero-order valence-electron chi connectivity index (χ0n) is 13.7. The van der Waals surface area contributed by atoms with Gasteiger partial charge in [0, 0.05) is 17.5 Å². The fraction of sp³-hybridized carbons (Fsp3) is 0.562. The molecule has 1 amide bonds. The van der Waals surface area contributed by atoms with Gasteiger partial charge in [-0.05, 0) is 31.4 Å². The van der Waals surface area contributed by atoms with E-state index in [1.807, 2.05) is 4.90 Å². The zero-order valence-corrected chi connectivity index (χ0v) is 14.5. The van der Waals surface area contributed by atoms with Gasteiger partial charge in [-0.25, -0.2) is 0 Å². The van der Waals surface area contributed by atoms with Crippen LogP contribution >= 0.6 is 11.3 Å². The predicted molar refractivity (Wildman–Crippen MR) is 85.1 cm³/mol. The minimum atomic E-state index is -4.66. The van der Waals surface area contributed by atoms with Gasteiger partial charge in [0.05, 0.1) is 23.9 Å². The first-order chi connectivity index (χ1) is 12.4. The number of halogens is 3. The van der Waals surface area contributed by atoms with Crippen molar-refractivity contribution >= 4 is 17.2 Å². The SMILES string of the molecule is O=C(C1CCOC1)N(Cc1ccc(-c2noc(C(F)(F)F)n2)s1)C1CC1. The average molecular weight is 387 g/mol. The van der Waals surface area contributed by atoms with Gasteiger partial charge < -0.3 is 14.2 Å². The quantitative estimate of drug-likeness (QED) is 0.787. The largest absolute Gasteiger partial charge is 0.471 e. The highest BCUT2D eigenvalue weighted by Gasteiger charge is 2.39. The number of alkyl halides is 3. The minimum Gasteiger partial charge on any atom is -0.381 e. The summed E-state index contributed by atoms with van der Waals surface area (Å²) in [5.41, 5.74) is 0. The number of carbonyl (C=O) groups is 1. The molecule has 140 valence electrons. The zero-order chi connectivity index (χ0) is 18.3. The number of aromatic nitrogens is 2. The molecule has 6 nitrogen and oxygen atoms in total. The molecule has 0 bridgehead atoms. The lowest BCUT2D eigenvalue weighted by Crippen LogP contribution is -2.37. The molecule has 1 saturated carbocycles. The van der Waals surface area contributed by atoms with Crippen molar-refractivity contribution in [1.29, 1.82) is 0 Å². The molecule has 1 aliphatic carbocycles. The van der Waals surface area contributed by atoms with Crippen LogP contribution in [0.4, 0.5) is 13.2 Å². The van der Waals surface area contributed by atoms with Gasteiger partial charge in [-0.15, -0.1) is 11.3 Å². The molecule has 26 heavy (non-hydrogen) atoms. The van der Waals surface area contributed by atoms with Crippen LogP contribution < -0.4 is 0 Å². The average Bonchev–Trinajstić information content (AvgIpc) is 3.04. The van der Waals surface area contributed by atoms with Crippen molar-refractivity contribution in [2.75, 3.05) is 13.2 Å². The fourth-order valence-corrected chi connectivity index (χ4v) is 3.86. The molecule has 0 radical (unpaired) electrons. The van der Waals surface area contributed by atoms with Crippen molar-refractivity contribution in [3.05, 3.63) is 22.9 Å². The van der Waals surface area contributed by atoms with E-state index in [0.29, 0.717) is 24.6 Å². The first kappa shape index (κ1) is 17.5. The van der Waals surface area contributed by atoms with E-state index in [4.69, 9.17) is 4.74 Å². The molecule has 3 heterocycles. The molecule has 10 heteroatoms. The Bertz CT molecular complexity index is 794. The maximum Gasteiger partial charge on any atom is 0.471 e. The second kappa shape index (κ2) is 6.66. The Labute approximate surface area is 150 Å². The minimum absolute atomic E-state index is 0.0953. The van der Waals surface area contributed by atoms with Gasteiger partial charge in [-0.2, -0.15) is 18.2 Å². The Kier molecular flexibility index (Phi) is 4.47. The van der Waals surface area contributed by atoms with Crippen LogP contribution in [0.15, 0.2) is 16.7 Å². The maximum atomic E-state index is 12.7. The monoisotopic (exact) mass is 387 g/mol. The van der Waals surface area contributed by atoms with Crippen LogP contribution in [0.5, 0.6) is 0 Å². The van der Waals surface area contributed by atoms with Crippen LogP contribution in [0.25, 0.3) is 10.7 Å². The lowest BCUT2D eigenvalue weighted by atomic mass is 10.1. The van der Waals surface area contributed by atoms with Crippen molar-refractivity contribution in [1.82, 2.24) is 15.0 Å². The van der Waals surface area contributed by atoms with Crippen LogP contribution in [0.1, 0.15) is 30.0 Å². The molecule has 2 aromatic rings. The van der Waals surface area contributed by atoms with Gasteiger partial charge in [0.15, 0.2) is 0 Å². The molecule has 1 unspecified atom stereocenters. The van der Waals surface area contributed by atoms with Crippen molar-refractivity contribution in [2.45, 2.75) is 38.0 Å². The Balaban J connectivity index is 1.48. The second-order valence-electron chi connectivity index (χ2n) is 6.44. The number of ether oxygens (including phenoxy) is 1. The molecule has 2 aliphatic rings. The number of rotatable bonds is 5. The van der Waals surface area contributed by atoms with E-state index in [1.54, 1.807) is 12.1 Å². The molecule has 0 aromatic carbocycles. The molecular weight excluding hydrogens is 371 g/mol. The number of hydrogen-bond donors (Lipinski definition) is 0. The van der Waals surface area contributed by atoms with Crippen LogP contribution in [-0.2, 0) is 22.3 Å². The molecule has 1 saturated heterocycles. The Morgan fingerprint density at radius 2 is 2.12 bits per heavy atom. The van der Waals surface area contributed by atoms with Crippen molar-refractivity contribution in [3.8, 4) is 10.7 Å². The Morgan fingerprint density at radius 1 is 1.31 bits per heavy atom. The number of hydrogen-bond acceptors (Lipinski definition) is 6. The predicted octanol–water partition coefficient (Wildman–Crippen LogP) is 3.34. The molecule has 2 fully saturated rings. The van der Waals surface area contributed by atoms with Crippen molar-refractivity contribution in [2.24, 2.45) is 5.92 Å². The van der Waals surface area contributed by atoms with Gasteiger partial charge >= 0.3 is 12.1 Å². The summed E-state index contributed by atoms with van der Waals surface area (Å²) >= 11 is 1.27. The van der Waals surface area contributed by atoms with Gasteiger partial charge in [-0.1, -0.05) is 5.16 Å². The smallest absolute Gasteiger partial charge is 0.381 e. The normalized spacial score (nSPS) is 20.5. The number of amides is 1. The van der Waals surface area contributed by atoms with E-state index in [9.17, 15) is 18.0 Å². The third-order valence-electron chi connectivity index (χ3n) is 4.43. The van der Waals surface area contributed by atoms with Crippen LogP contribution in [0, 0.1) is 5.92 Å². The number of nitrogens with zero attached hydrogens (tertiary/aromatic N) is 3. The Morgan fingerprint density at radius 3 is 2.73 bits per heavy atom. The first-order valence-corrected chi connectivity index (χ1v) is 9.11. The van der Waals surface area contributed by atoms with E-state index < -0.39 is 12.1 Å². The topological polar surface area (TPSA) is 68.5 Å². The summed E-state index contributed by atoms with van der Waals surface area (Å²) in [6, 6.07) is 3.69. The second-order valence-corrected chi connectivity index (χ2v) is 7.61. The standard InChI is InChI=1S/C16H16F3N3O3S/c17-16(18,19)15-20-13(21-25-15)12-4-3-11(26-12)7-22(10-1-2-10)14(23)9-5-6-24-8-9/h3-4,9-10H,1-2,5-8H2. The van der Waals surface area contributed by atoms with Gasteiger partial charge in [0.25, 0.3) is 0 Å². The molecule has 1 atom stereocenters. The van der Waals surface area contributed by atoms with E-state index >= 15 is 0 Å². The van der Waals surface area contributed by atoms with Crippen LogP contribution in [-0.4, -0.2) is 40.2 Å². The lowest BCUT2D eigenvalue weighted by molar-refractivity contribution is -0.159. The highest BCUT2D eigenvalue weighted by molar-refractivity contribution is 7.15. The summed E-state index contributed by atoms with van der Waals surface area (Å²) in [5.74, 6) is -1.46. The maximum absolute atomic E-state index is 12.7. The van der Waals surface area contributed by atoms with Crippen molar-refractivity contribution in [3.63, 3.8) is 0 Å². The molecule has 2 aromatic heterocycles. The number of thiophene rings is 1. The third kappa shape index (κ3) is 3.61. The van der Waals surface area contributed by atoms with Crippen LogP contribution in [0.2, 0.25) is 0 Å². The summed E-state index contributed by atoms with van der Waals surface area (Å²) in [6.07, 6.45) is -1.96. The Hall–Kier alpha value is -1.94. The fourth-order valence-electron chi connectivity index (χ4n) is 2.93. The van der Waals surface area contributed by atoms with Gasteiger partial charge in [0.1, 0.15) is 0 Å². The van der Waals surface area contributed by atoms with E-state index in [0.717, 1.165) is 24.1 Å². The molecule has 0 spiro atoms. The third-order valence-corrected chi connectivity index (χ3v) is 5.49. The first-order valence-electron chi connectivity index (χ1n) is 8.30. The van der Waals surface area contributed by atoms with Crippen molar-refractivity contribution < 1.29 is 27.2 Å². The van der Waals surface area contributed by atoms with E-state index in [1.165, 1.54) is 11.3 Å². The van der Waals surface area contributed by atoms with Gasteiger partial charge in [-0.3, -0.25) is 4.79 Å². The van der Waals surface area contributed by atoms with E-state index in [2.05, 4.69) is 14.7 Å².